The Kier molecular flexibility index (Phi) is 6.12. The van der Waals surface area contributed by atoms with Crippen molar-refractivity contribution in [2.24, 2.45) is 5.73 Å². The third kappa shape index (κ3) is 4.01. The zero-order valence-electron chi connectivity index (χ0n) is 19.3. The zero-order valence-corrected chi connectivity index (χ0v) is 21.7. The SMILES string of the molecule is Cc1cc([C@H]2C(C#N)=C(N)N(c3ccc(Br)cc3F)C3=C2C(=O)C[C@H](c2ccccc2)C3)c(C)s1. The number of ketones is 1. The van der Waals surface area contributed by atoms with Crippen molar-refractivity contribution in [3.8, 4) is 6.07 Å². The number of hydrogen-bond donors (Lipinski definition) is 1. The minimum Gasteiger partial charge on any atom is -0.384 e. The first-order valence-electron chi connectivity index (χ1n) is 11.3. The van der Waals surface area contributed by atoms with Crippen LogP contribution in [0.2, 0.25) is 0 Å². The Labute approximate surface area is 216 Å². The van der Waals surface area contributed by atoms with Crippen molar-refractivity contribution >= 4 is 38.7 Å². The van der Waals surface area contributed by atoms with Crippen LogP contribution >= 0.6 is 27.3 Å². The maximum Gasteiger partial charge on any atom is 0.162 e. The number of allylic oxidation sites excluding steroid dienone is 3. The van der Waals surface area contributed by atoms with Crippen LogP contribution in [0.4, 0.5) is 10.1 Å². The van der Waals surface area contributed by atoms with Crippen molar-refractivity contribution in [1.29, 1.82) is 5.26 Å². The third-order valence-corrected chi connectivity index (χ3v) is 8.25. The molecule has 176 valence electrons. The van der Waals surface area contributed by atoms with Crippen LogP contribution in [-0.4, -0.2) is 5.78 Å². The fourth-order valence-electron chi connectivity index (χ4n) is 5.28. The number of anilines is 1. The van der Waals surface area contributed by atoms with Crippen LogP contribution in [0.15, 0.2) is 81.7 Å². The van der Waals surface area contributed by atoms with E-state index in [0.717, 1.165) is 20.9 Å². The quantitative estimate of drug-likeness (QED) is 0.384. The number of carbonyl (C=O) groups excluding carboxylic acids is 1. The van der Waals surface area contributed by atoms with Gasteiger partial charge in [-0.1, -0.05) is 46.3 Å². The second-order valence-electron chi connectivity index (χ2n) is 8.94. The Balaban J connectivity index is 1.76. The maximum atomic E-state index is 15.3. The maximum absolute atomic E-state index is 15.3. The van der Waals surface area contributed by atoms with E-state index in [0.29, 0.717) is 28.6 Å². The van der Waals surface area contributed by atoms with Gasteiger partial charge in [0.2, 0.25) is 0 Å². The summed E-state index contributed by atoms with van der Waals surface area (Å²) in [6.45, 7) is 4.01. The van der Waals surface area contributed by atoms with Gasteiger partial charge < -0.3 is 5.73 Å². The molecule has 3 aromatic rings. The summed E-state index contributed by atoms with van der Waals surface area (Å²) >= 11 is 4.94. The van der Waals surface area contributed by atoms with E-state index in [9.17, 15) is 10.1 Å². The number of benzene rings is 2. The number of nitriles is 1. The zero-order chi connectivity index (χ0) is 24.9. The average molecular weight is 548 g/mol. The Morgan fingerprint density at radius 3 is 2.51 bits per heavy atom. The van der Waals surface area contributed by atoms with E-state index in [1.54, 1.807) is 28.4 Å². The fraction of sp³-hybridized carbons (Fsp3) is 0.214. The molecular weight excluding hydrogens is 525 g/mol. The van der Waals surface area contributed by atoms with E-state index >= 15 is 4.39 Å². The summed E-state index contributed by atoms with van der Waals surface area (Å²) in [5, 5.41) is 10.2. The van der Waals surface area contributed by atoms with Crippen molar-refractivity contribution < 1.29 is 9.18 Å². The van der Waals surface area contributed by atoms with Gasteiger partial charge in [0.1, 0.15) is 11.6 Å². The number of rotatable bonds is 3. The molecule has 0 saturated heterocycles. The van der Waals surface area contributed by atoms with Crippen molar-refractivity contribution in [3.63, 3.8) is 0 Å². The van der Waals surface area contributed by atoms with E-state index in [4.69, 9.17) is 5.73 Å². The molecule has 1 aromatic heterocycles. The van der Waals surface area contributed by atoms with Crippen molar-refractivity contribution in [3.05, 3.63) is 108 Å². The summed E-state index contributed by atoms with van der Waals surface area (Å²) in [5.74, 6) is -0.968. The largest absolute Gasteiger partial charge is 0.384 e. The first-order valence-corrected chi connectivity index (χ1v) is 12.9. The number of carbonyl (C=O) groups is 1. The van der Waals surface area contributed by atoms with Crippen LogP contribution < -0.4 is 10.6 Å². The van der Waals surface area contributed by atoms with Gasteiger partial charge in [-0.2, -0.15) is 5.26 Å². The van der Waals surface area contributed by atoms with Gasteiger partial charge in [0, 0.05) is 31.9 Å². The van der Waals surface area contributed by atoms with E-state index in [1.165, 1.54) is 6.07 Å². The summed E-state index contributed by atoms with van der Waals surface area (Å²) < 4.78 is 15.9. The number of aryl methyl sites for hydroxylation is 2. The smallest absolute Gasteiger partial charge is 0.162 e. The molecule has 0 spiro atoms. The first kappa shape index (κ1) is 23.5. The highest BCUT2D eigenvalue weighted by Gasteiger charge is 2.44. The highest BCUT2D eigenvalue weighted by molar-refractivity contribution is 9.10. The molecule has 0 bridgehead atoms. The Morgan fingerprint density at radius 2 is 1.89 bits per heavy atom. The Hall–Kier alpha value is -3.21. The molecule has 0 saturated carbocycles. The lowest BCUT2D eigenvalue weighted by Crippen LogP contribution is -2.40. The Morgan fingerprint density at radius 1 is 1.14 bits per heavy atom. The van der Waals surface area contributed by atoms with Crippen molar-refractivity contribution in [1.82, 2.24) is 0 Å². The van der Waals surface area contributed by atoms with Crippen LogP contribution in [0.3, 0.4) is 0 Å². The summed E-state index contributed by atoms with van der Waals surface area (Å²) in [7, 11) is 0. The van der Waals surface area contributed by atoms with Crippen LogP contribution in [0.25, 0.3) is 0 Å². The van der Waals surface area contributed by atoms with Gasteiger partial charge in [-0.05, 0) is 61.6 Å². The molecule has 5 rings (SSSR count). The highest BCUT2D eigenvalue weighted by Crippen LogP contribution is 2.50. The number of nitrogens with two attached hydrogens (primary N) is 1. The minimum atomic E-state index is -0.557. The van der Waals surface area contributed by atoms with Crippen LogP contribution in [-0.2, 0) is 4.79 Å². The van der Waals surface area contributed by atoms with Gasteiger partial charge in [-0.3, -0.25) is 9.69 Å². The van der Waals surface area contributed by atoms with E-state index in [-0.39, 0.29) is 28.8 Å². The van der Waals surface area contributed by atoms with Gasteiger partial charge >= 0.3 is 0 Å². The Bertz CT molecular complexity index is 1450. The molecule has 2 atom stereocenters. The van der Waals surface area contributed by atoms with Crippen LogP contribution in [0.1, 0.15) is 45.6 Å². The monoisotopic (exact) mass is 547 g/mol. The number of nitrogens with zero attached hydrogens (tertiary/aromatic N) is 2. The van der Waals surface area contributed by atoms with Gasteiger partial charge in [0.15, 0.2) is 5.78 Å². The predicted molar refractivity (Wildman–Crippen MR) is 140 cm³/mol. The fourth-order valence-corrected chi connectivity index (χ4v) is 6.57. The van der Waals surface area contributed by atoms with Crippen molar-refractivity contribution in [2.45, 2.75) is 38.5 Å². The molecule has 4 nitrogen and oxygen atoms in total. The normalized spacial score (nSPS) is 20.2. The van der Waals surface area contributed by atoms with Crippen molar-refractivity contribution in [2.75, 3.05) is 4.90 Å². The number of Topliss-reactive ketones (excluding diaryl/α,β-unsaturated/α-hetero) is 1. The molecule has 7 heteroatoms. The topological polar surface area (TPSA) is 70.1 Å². The molecule has 2 N–H and O–H groups in total. The predicted octanol–water partition coefficient (Wildman–Crippen LogP) is 6.97. The number of hydrogen-bond acceptors (Lipinski definition) is 5. The average Bonchev–Trinajstić information content (AvgIpc) is 3.17. The molecule has 1 aliphatic heterocycles. The molecule has 0 amide bonds. The van der Waals surface area contributed by atoms with E-state index < -0.39 is 11.7 Å². The molecule has 1 aliphatic carbocycles. The molecule has 0 radical (unpaired) electrons. The van der Waals surface area contributed by atoms with E-state index in [1.807, 2.05) is 50.2 Å². The molecule has 2 aromatic carbocycles. The van der Waals surface area contributed by atoms with E-state index in [2.05, 4.69) is 22.0 Å². The summed E-state index contributed by atoms with van der Waals surface area (Å²) in [5.41, 5.74) is 10.3. The van der Waals surface area contributed by atoms with Gasteiger partial charge in [0.05, 0.1) is 23.2 Å². The second kappa shape index (κ2) is 9.10. The standard InChI is InChI=1S/C28H23BrFN3OS/c1-15-10-20(16(2)35-15)26-21(14-31)28(32)33(23-9-8-19(29)13-22(23)30)24-11-18(12-25(34)27(24)26)17-6-4-3-5-7-17/h3-10,13,18,26H,11-12,32H2,1-2H3/t18-,26+/m1/s1. The lowest BCUT2D eigenvalue weighted by atomic mass is 9.72. The van der Waals surface area contributed by atoms with Gasteiger partial charge in [-0.15, -0.1) is 11.3 Å². The summed E-state index contributed by atoms with van der Waals surface area (Å²) in [6, 6.07) is 18.9. The third-order valence-electron chi connectivity index (χ3n) is 6.78. The number of halogens is 2. The molecule has 0 fully saturated rings. The minimum absolute atomic E-state index is 0.0314. The highest BCUT2D eigenvalue weighted by atomic mass is 79.9. The van der Waals surface area contributed by atoms with Gasteiger partial charge in [-0.25, -0.2) is 4.39 Å². The molecular formula is C28H23BrFN3OS. The molecule has 35 heavy (non-hydrogen) atoms. The molecule has 2 aliphatic rings. The number of thiophene rings is 1. The first-order chi connectivity index (χ1) is 16.8. The van der Waals surface area contributed by atoms with Gasteiger partial charge in [0.25, 0.3) is 0 Å². The lowest BCUT2D eigenvalue weighted by Gasteiger charge is -2.41. The van der Waals surface area contributed by atoms with Crippen LogP contribution in [0.5, 0.6) is 0 Å². The lowest BCUT2D eigenvalue weighted by molar-refractivity contribution is -0.116. The summed E-state index contributed by atoms with van der Waals surface area (Å²) in [4.78, 5) is 17.6. The second-order valence-corrected chi connectivity index (χ2v) is 11.3. The summed E-state index contributed by atoms with van der Waals surface area (Å²) in [6.07, 6.45) is 0.843. The van der Waals surface area contributed by atoms with Crippen LogP contribution in [0, 0.1) is 31.0 Å². The molecule has 0 unspecified atom stereocenters. The molecule has 2 heterocycles.